The first-order chi connectivity index (χ1) is 11.4. The van der Waals surface area contributed by atoms with Crippen molar-refractivity contribution in [3.63, 3.8) is 0 Å². The fraction of sp³-hybridized carbons (Fsp3) is 0.278. The monoisotopic (exact) mass is 342 g/mol. The molecule has 0 bridgehead atoms. The highest BCUT2D eigenvalue weighted by molar-refractivity contribution is 7.18. The first-order valence-corrected chi connectivity index (χ1v) is 8.58. The van der Waals surface area contributed by atoms with E-state index in [1.165, 1.54) is 11.3 Å². The number of rotatable bonds is 4. The maximum atomic E-state index is 12.6. The highest BCUT2D eigenvalue weighted by Crippen LogP contribution is 2.20. The Morgan fingerprint density at radius 1 is 1.17 bits per heavy atom. The summed E-state index contributed by atoms with van der Waals surface area (Å²) in [5, 5.41) is 0.462. The first kappa shape index (κ1) is 16.4. The standard InChI is InChI=1S/C18H18N2O3S/c1-4-13-8-14-16(24-13)19-18(23)20(17(14)22)9-15(21)12-6-5-10(2)11(3)7-12/h5-8H,4,9H2,1-3H3,(H,19,23). The number of ketones is 1. The van der Waals surface area contributed by atoms with Gasteiger partial charge in [0.25, 0.3) is 5.56 Å². The molecule has 0 aliphatic carbocycles. The summed E-state index contributed by atoms with van der Waals surface area (Å²) in [5.41, 5.74) is 1.64. The number of Topliss-reactive ketones (excluding diaryl/α,β-unsaturated/α-hetero) is 1. The van der Waals surface area contributed by atoms with Gasteiger partial charge >= 0.3 is 5.69 Å². The van der Waals surface area contributed by atoms with E-state index < -0.39 is 11.2 Å². The molecule has 2 heterocycles. The Balaban J connectivity index is 2.03. The molecule has 2 aromatic heterocycles. The number of carbonyl (C=O) groups excluding carboxylic acids is 1. The summed E-state index contributed by atoms with van der Waals surface area (Å²) < 4.78 is 0.978. The molecule has 1 aromatic carbocycles. The maximum Gasteiger partial charge on any atom is 0.329 e. The average molecular weight is 342 g/mol. The molecule has 3 aromatic rings. The normalized spacial score (nSPS) is 11.1. The van der Waals surface area contributed by atoms with Crippen LogP contribution < -0.4 is 11.2 Å². The van der Waals surface area contributed by atoms with E-state index in [1.54, 1.807) is 18.2 Å². The molecule has 6 heteroatoms. The second-order valence-electron chi connectivity index (χ2n) is 5.85. The summed E-state index contributed by atoms with van der Waals surface area (Å²) in [6.07, 6.45) is 0.794. The van der Waals surface area contributed by atoms with Crippen LogP contribution in [-0.2, 0) is 13.0 Å². The number of nitrogens with one attached hydrogen (secondary N) is 1. The Morgan fingerprint density at radius 2 is 1.92 bits per heavy atom. The largest absolute Gasteiger partial charge is 0.329 e. The molecule has 3 rings (SSSR count). The number of fused-ring (bicyclic) bond motifs is 1. The molecular formula is C18H18N2O3S. The van der Waals surface area contributed by atoms with Gasteiger partial charge in [-0.15, -0.1) is 11.3 Å². The lowest BCUT2D eigenvalue weighted by atomic mass is 10.0. The van der Waals surface area contributed by atoms with E-state index in [9.17, 15) is 14.4 Å². The van der Waals surface area contributed by atoms with Crippen molar-refractivity contribution < 1.29 is 4.79 Å². The van der Waals surface area contributed by atoms with Gasteiger partial charge in [0.05, 0.1) is 11.9 Å². The zero-order chi connectivity index (χ0) is 17.4. The zero-order valence-electron chi connectivity index (χ0n) is 13.8. The summed E-state index contributed by atoms with van der Waals surface area (Å²) in [5.74, 6) is -0.254. The van der Waals surface area contributed by atoms with Crippen LogP contribution in [0.2, 0.25) is 0 Å². The molecule has 0 atom stereocenters. The summed E-state index contributed by atoms with van der Waals surface area (Å²) in [4.78, 5) is 41.5. The smallest absolute Gasteiger partial charge is 0.298 e. The number of thiophene rings is 1. The van der Waals surface area contributed by atoms with Crippen LogP contribution in [0.1, 0.15) is 33.3 Å². The lowest BCUT2D eigenvalue weighted by Crippen LogP contribution is -2.36. The van der Waals surface area contributed by atoms with Crippen molar-refractivity contribution in [2.75, 3.05) is 0 Å². The topological polar surface area (TPSA) is 71.9 Å². The van der Waals surface area contributed by atoms with Gasteiger partial charge in [-0.1, -0.05) is 19.1 Å². The van der Waals surface area contributed by atoms with Crippen LogP contribution in [0.4, 0.5) is 0 Å². The molecule has 0 unspecified atom stereocenters. The summed E-state index contributed by atoms with van der Waals surface area (Å²) in [6, 6.07) is 7.16. The van der Waals surface area contributed by atoms with Crippen molar-refractivity contribution in [3.05, 3.63) is 66.7 Å². The van der Waals surface area contributed by atoms with Crippen LogP contribution in [0, 0.1) is 13.8 Å². The molecule has 24 heavy (non-hydrogen) atoms. The zero-order valence-corrected chi connectivity index (χ0v) is 14.6. The second kappa shape index (κ2) is 6.20. The number of nitrogens with zero attached hydrogens (tertiary/aromatic N) is 1. The third kappa shape index (κ3) is 2.85. The molecule has 0 saturated heterocycles. The van der Waals surface area contributed by atoms with E-state index in [-0.39, 0.29) is 12.3 Å². The summed E-state index contributed by atoms with van der Waals surface area (Å²) >= 11 is 1.40. The van der Waals surface area contributed by atoms with E-state index in [2.05, 4.69) is 4.98 Å². The minimum absolute atomic E-state index is 0.254. The number of aryl methyl sites for hydroxylation is 3. The van der Waals surface area contributed by atoms with Crippen LogP contribution >= 0.6 is 11.3 Å². The van der Waals surface area contributed by atoms with Crippen molar-refractivity contribution in [2.24, 2.45) is 0 Å². The van der Waals surface area contributed by atoms with Crippen LogP contribution in [0.3, 0.4) is 0 Å². The van der Waals surface area contributed by atoms with Gasteiger partial charge in [-0.3, -0.25) is 19.1 Å². The maximum absolute atomic E-state index is 12.6. The van der Waals surface area contributed by atoms with Crippen molar-refractivity contribution in [2.45, 2.75) is 33.7 Å². The molecule has 5 nitrogen and oxygen atoms in total. The van der Waals surface area contributed by atoms with E-state index in [0.717, 1.165) is 27.0 Å². The molecule has 0 spiro atoms. The molecule has 124 valence electrons. The fourth-order valence-corrected chi connectivity index (χ4v) is 3.54. The summed E-state index contributed by atoms with van der Waals surface area (Å²) in [6.45, 7) is 5.62. The van der Waals surface area contributed by atoms with Gasteiger partial charge in [0.2, 0.25) is 0 Å². The van der Waals surface area contributed by atoms with Crippen molar-refractivity contribution >= 4 is 27.3 Å². The number of aromatic nitrogens is 2. The number of aromatic amines is 1. The Labute approximate surface area is 142 Å². The van der Waals surface area contributed by atoms with Crippen LogP contribution in [0.15, 0.2) is 33.9 Å². The Bertz CT molecular complexity index is 1060. The molecule has 0 fully saturated rings. The minimum atomic E-state index is -0.547. The number of hydrogen-bond donors (Lipinski definition) is 1. The number of hydrogen-bond acceptors (Lipinski definition) is 4. The number of benzene rings is 1. The lowest BCUT2D eigenvalue weighted by Gasteiger charge is -2.06. The van der Waals surface area contributed by atoms with Gasteiger partial charge in [0.15, 0.2) is 5.78 Å². The predicted octanol–water partition coefficient (Wildman–Crippen LogP) is 2.81. The van der Waals surface area contributed by atoms with Crippen molar-refractivity contribution in [1.82, 2.24) is 9.55 Å². The van der Waals surface area contributed by atoms with Gasteiger partial charge in [0.1, 0.15) is 4.83 Å². The average Bonchev–Trinajstić information content (AvgIpc) is 2.97. The number of carbonyl (C=O) groups is 1. The SMILES string of the molecule is CCc1cc2c(=O)n(CC(=O)c3ccc(C)c(C)c3)c(=O)[nH]c2s1. The van der Waals surface area contributed by atoms with Crippen molar-refractivity contribution in [3.8, 4) is 0 Å². The van der Waals surface area contributed by atoms with Gasteiger partial charge in [-0.25, -0.2) is 4.79 Å². The van der Waals surface area contributed by atoms with E-state index in [0.29, 0.717) is 15.8 Å². The number of H-pyrrole nitrogens is 1. The Hall–Kier alpha value is -2.47. The molecule has 0 amide bonds. The highest BCUT2D eigenvalue weighted by Gasteiger charge is 2.15. The molecule has 1 N–H and O–H groups in total. The molecular weight excluding hydrogens is 324 g/mol. The predicted molar refractivity (Wildman–Crippen MR) is 96.3 cm³/mol. The molecule has 0 aliphatic rings. The third-order valence-corrected chi connectivity index (χ3v) is 5.40. The van der Waals surface area contributed by atoms with E-state index >= 15 is 0 Å². The Morgan fingerprint density at radius 3 is 2.58 bits per heavy atom. The van der Waals surface area contributed by atoms with Crippen molar-refractivity contribution in [1.29, 1.82) is 0 Å². The van der Waals surface area contributed by atoms with Gasteiger partial charge < -0.3 is 0 Å². The second-order valence-corrected chi connectivity index (χ2v) is 6.99. The van der Waals surface area contributed by atoms with Gasteiger partial charge in [-0.2, -0.15) is 0 Å². The molecule has 0 aliphatic heterocycles. The highest BCUT2D eigenvalue weighted by atomic mass is 32.1. The minimum Gasteiger partial charge on any atom is -0.298 e. The van der Waals surface area contributed by atoms with Crippen LogP contribution in [0.25, 0.3) is 10.2 Å². The van der Waals surface area contributed by atoms with E-state index in [4.69, 9.17) is 0 Å². The Kier molecular flexibility index (Phi) is 4.24. The molecule has 0 saturated carbocycles. The lowest BCUT2D eigenvalue weighted by molar-refractivity contribution is 0.0969. The van der Waals surface area contributed by atoms with E-state index in [1.807, 2.05) is 26.8 Å². The first-order valence-electron chi connectivity index (χ1n) is 7.76. The quantitative estimate of drug-likeness (QED) is 0.741. The fourth-order valence-electron chi connectivity index (χ4n) is 2.56. The van der Waals surface area contributed by atoms with Gasteiger partial charge in [-0.05, 0) is 43.5 Å². The van der Waals surface area contributed by atoms with Crippen LogP contribution in [0.5, 0.6) is 0 Å². The third-order valence-electron chi connectivity index (χ3n) is 4.20. The molecule has 0 radical (unpaired) electrons. The summed E-state index contributed by atoms with van der Waals surface area (Å²) in [7, 11) is 0. The van der Waals surface area contributed by atoms with Crippen LogP contribution in [-0.4, -0.2) is 15.3 Å². The van der Waals surface area contributed by atoms with Gasteiger partial charge in [0, 0.05) is 10.4 Å².